The third-order valence-electron chi connectivity index (χ3n) is 4.49. The molecule has 25 heavy (non-hydrogen) atoms. The van der Waals surface area contributed by atoms with E-state index in [0.29, 0.717) is 13.0 Å². The van der Waals surface area contributed by atoms with Crippen LogP contribution in [0.25, 0.3) is 0 Å². The Hall–Kier alpha value is -2.05. The zero-order valence-corrected chi connectivity index (χ0v) is 16.8. The lowest BCUT2D eigenvalue weighted by atomic mass is 9.93. The monoisotopic (exact) mass is 348 g/mol. The first kappa shape index (κ1) is 19.3. The quantitative estimate of drug-likeness (QED) is 0.615. The van der Waals surface area contributed by atoms with E-state index in [1.54, 1.807) is 4.68 Å². The molecule has 1 amide bonds. The van der Waals surface area contributed by atoms with E-state index in [4.69, 9.17) is 4.99 Å². The number of nitrogens with zero attached hydrogens (tertiary/aromatic N) is 6. The fraction of sp³-hybridized carbons (Fsp3) is 0.722. The zero-order chi connectivity index (χ0) is 18.9. The molecule has 0 spiro atoms. The van der Waals surface area contributed by atoms with Crippen LogP contribution < -0.4 is 0 Å². The predicted molar refractivity (Wildman–Crippen MR) is 100 cm³/mol. The molecule has 0 radical (unpaired) electrons. The lowest BCUT2D eigenvalue weighted by Gasteiger charge is -2.38. The molecule has 2 atom stereocenters. The van der Waals surface area contributed by atoms with Gasteiger partial charge >= 0.3 is 0 Å². The molecule has 1 aromatic heterocycles. The fourth-order valence-corrected chi connectivity index (χ4v) is 3.65. The van der Waals surface area contributed by atoms with Crippen molar-refractivity contribution in [3.05, 3.63) is 18.0 Å². The Labute approximate surface area is 151 Å². The summed E-state index contributed by atoms with van der Waals surface area (Å²) >= 11 is 0. The van der Waals surface area contributed by atoms with Gasteiger partial charge in [-0.15, -0.1) is 0 Å². The van der Waals surface area contributed by atoms with Crippen molar-refractivity contribution in [2.45, 2.75) is 38.8 Å². The number of rotatable bonds is 3. The molecule has 0 saturated carbocycles. The maximum absolute atomic E-state index is 12.8. The minimum atomic E-state index is -0.234. The Morgan fingerprint density at radius 2 is 1.88 bits per heavy atom. The molecule has 0 unspecified atom stereocenters. The number of aryl methyl sites for hydroxylation is 1. The Kier molecular flexibility index (Phi) is 5.44. The van der Waals surface area contributed by atoms with Crippen LogP contribution in [-0.2, 0) is 11.8 Å². The van der Waals surface area contributed by atoms with E-state index in [-0.39, 0.29) is 23.4 Å². The molecule has 0 N–H and O–H groups in total. The van der Waals surface area contributed by atoms with Gasteiger partial charge in [-0.05, 0) is 20.8 Å². The molecule has 1 aromatic rings. The van der Waals surface area contributed by atoms with Gasteiger partial charge in [0.1, 0.15) is 0 Å². The van der Waals surface area contributed by atoms with Crippen molar-refractivity contribution in [1.29, 1.82) is 0 Å². The van der Waals surface area contributed by atoms with E-state index in [0.717, 1.165) is 11.5 Å². The van der Waals surface area contributed by atoms with Gasteiger partial charge in [0.2, 0.25) is 5.91 Å². The van der Waals surface area contributed by atoms with Crippen molar-refractivity contribution in [3.63, 3.8) is 0 Å². The molecule has 7 nitrogen and oxygen atoms in total. The van der Waals surface area contributed by atoms with E-state index < -0.39 is 0 Å². The molecule has 2 heterocycles. The predicted octanol–water partition coefficient (Wildman–Crippen LogP) is 1.59. The topological polar surface area (TPSA) is 57.0 Å². The van der Waals surface area contributed by atoms with E-state index in [9.17, 15) is 4.79 Å². The second kappa shape index (κ2) is 7.06. The van der Waals surface area contributed by atoms with Crippen LogP contribution in [0.5, 0.6) is 0 Å². The molecular formula is C18H32N6O. The number of aliphatic imine (C=N–C) groups is 1. The van der Waals surface area contributed by atoms with Crippen LogP contribution in [0.4, 0.5) is 0 Å². The SMILES string of the molecule is CN(C)C(=NC[C@@H]1CC(=O)N(C(C)(C)C)[C@H]1c1cnn(C)c1)N(C)C. The van der Waals surface area contributed by atoms with Crippen LogP contribution in [0.2, 0.25) is 0 Å². The average Bonchev–Trinajstić information content (AvgIpc) is 3.00. The van der Waals surface area contributed by atoms with E-state index >= 15 is 0 Å². The Morgan fingerprint density at radius 3 is 2.32 bits per heavy atom. The first-order valence-corrected chi connectivity index (χ1v) is 8.72. The van der Waals surface area contributed by atoms with Gasteiger partial charge in [0.25, 0.3) is 0 Å². The summed E-state index contributed by atoms with van der Waals surface area (Å²) in [5, 5.41) is 4.32. The van der Waals surface area contributed by atoms with Crippen molar-refractivity contribution in [2.75, 3.05) is 34.7 Å². The van der Waals surface area contributed by atoms with Crippen molar-refractivity contribution >= 4 is 11.9 Å². The van der Waals surface area contributed by atoms with Gasteiger partial charge in [-0.2, -0.15) is 5.10 Å². The van der Waals surface area contributed by atoms with Crippen LogP contribution in [-0.4, -0.2) is 76.6 Å². The van der Waals surface area contributed by atoms with Crippen LogP contribution in [0, 0.1) is 5.92 Å². The first-order valence-electron chi connectivity index (χ1n) is 8.72. The second-order valence-corrected chi connectivity index (χ2v) is 8.22. The number of amides is 1. The fourth-order valence-electron chi connectivity index (χ4n) is 3.65. The van der Waals surface area contributed by atoms with Crippen molar-refractivity contribution in [1.82, 2.24) is 24.5 Å². The molecule has 2 rings (SSSR count). The number of aromatic nitrogens is 2. The summed E-state index contributed by atoms with van der Waals surface area (Å²) in [6, 6.07) is 0.00974. The summed E-state index contributed by atoms with van der Waals surface area (Å²) < 4.78 is 1.80. The van der Waals surface area contributed by atoms with Crippen LogP contribution in [0.3, 0.4) is 0 Å². The van der Waals surface area contributed by atoms with Gasteiger partial charge in [0.15, 0.2) is 5.96 Å². The molecule has 7 heteroatoms. The highest BCUT2D eigenvalue weighted by molar-refractivity contribution is 5.81. The van der Waals surface area contributed by atoms with Gasteiger partial charge < -0.3 is 14.7 Å². The number of carbonyl (C=O) groups is 1. The molecule has 1 aliphatic heterocycles. The van der Waals surface area contributed by atoms with Crippen LogP contribution in [0.15, 0.2) is 17.4 Å². The third kappa shape index (κ3) is 4.14. The summed E-state index contributed by atoms with van der Waals surface area (Å²) in [6.07, 6.45) is 4.41. The molecule has 140 valence electrons. The zero-order valence-electron chi connectivity index (χ0n) is 16.8. The normalized spacial score (nSPS) is 20.8. The van der Waals surface area contributed by atoms with Gasteiger partial charge in [-0.25, -0.2) is 0 Å². The van der Waals surface area contributed by atoms with E-state index in [2.05, 4.69) is 25.9 Å². The highest BCUT2D eigenvalue weighted by Gasteiger charge is 2.45. The maximum atomic E-state index is 12.8. The van der Waals surface area contributed by atoms with Gasteiger partial charge in [0.05, 0.1) is 12.2 Å². The standard InChI is InChI=1S/C18H32N6O/c1-18(2,3)24-15(25)9-13(10-19-17(21(4)5)22(6)7)16(24)14-11-20-23(8)12-14/h11-13,16H,9-10H2,1-8H3/t13-,16+/m0/s1. The summed E-state index contributed by atoms with van der Waals surface area (Å²) in [5.74, 6) is 1.25. The van der Waals surface area contributed by atoms with Gasteiger partial charge in [-0.1, -0.05) is 0 Å². The maximum Gasteiger partial charge on any atom is 0.223 e. The summed E-state index contributed by atoms with van der Waals surface area (Å²) in [6.45, 7) is 6.88. The van der Waals surface area contributed by atoms with E-state index in [1.165, 1.54) is 0 Å². The molecule has 0 bridgehead atoms. The molecule has 0 aromatic carbocycles. The van der Waals surface area contributed by atoms with Crippen molar-refractivity contribution < 1.29 is 4.79 Å². The van der Waals surface area contributed by atoms with Crippen LogP contribution in [0.1, 0.15) is 38.8 Å². The molecular weight excluding hydrogens is 316 g/mol. The molecule has 1 fully saturated rings. The Bertz CT molecular complexity index is 630. The second-order valence-electron chi connectivity index (χ2n) is 8.22. The highest BCUT2D eigenvalue weighted by atomic mass is 16.2. The lowest BCUT2D eigenvalue weighted by molar-refractivity contribution is -0.133. The highest BCUT2D eigenvalue weighted by Crippen LogP contribution is 2.42. The lowest BCUT2D eigenvalue weighted by Crippen LogP contribution is -2.44. The summed E-state index contributed by atoms with van der Waals surface area (Å²) in [7, 11) is 9.85. The summed E-state index contributed by atoms with van der Waals surface area (Å²) in [4.78, 5) is 23.6. The van der Waals surface area contributed by atoms with Gasteiger partial charge in [0, 0.05) is 71.4 Å². The number of guanidine groups is 1. The largest absolute Gasteiger partial charge is 0.349 e. The van der Waals surface area contributed by atoms with Crippen LogP contribution >= 0.6 is 0 Å². The minimum absolute atomic E-state index is 0.00974. The molecule has 1 aliphatic rings. The van der Waals surface area contributed by atoms with Gasteiger partial charge in [-0.3, -0.25) is 14.5 Å². The number of hydrogen-bond acceptors (Lipinski definition) is 3. The summed E-state index contributed by atoms with van der Waals surface area (Å²) in [5.41, 5.74) is 0.849. The third-order valence-corrected chi connectivity index (χ3v) is 4.49. The molecule has 0 aliphatic carbocycles. The van der Waals surface area contributed by atoms with E-state index in [1.807, 2.05) is 62.3 Å². The Morgan fingerprint density at radius 1 is 1.28 bits per heavy atom. The Balaban J connectivity index is 2.36. The molecule has 1 saturated heterocycles. The number of likely N-dealkylation sites (tertiary alicyclic amines) is 1. The minimum Gasteiger partial charge on any atom is -0.349 e. The smallest absolute Gasteiger partial charge is 0.223 e. The number of hydrogen-bond donors (Lipinski definition) is 0. The first-order chi connectivity index (χ1) is 11.5. The van der Waals surface area contributed by atoms with Crippen molar-refractivity contribution in [3.8, 4) is 0 Å². The average molecular weight is 348 g/mol. The number of carbonyl (C=O) groups excluding carboxylic acids is 1. The van der Waals surface area contributed by atoms with Crippen molar-refractivity contribution in [2.24, 2.45) is 18.0 Å².